The van der Waals surface area contributed by atoms with Gasteiger partial charge in [-0.1, -0.05) is 6.92 Å². The van der Waals surface area contributed by atoms with Gasteiger partial charge >= 0.3 is 0 Å². The van der Waals surface area contributed by atoms with Crippen LogP contribution in [0.15, 0.2) is 24.3 Å². The van der Waals surface area contributed by atoms with Crippen molar-refractivity contribution in [3.63, 3.8) is 0 Å². The Morgan fingerprint density at radius 3 is 2.32 bits per heavy atom. The molecular weight excluding hydrogens is 266 g/mol. The minimum atomic E-state index is -0.558. The van der Waals surface area contributed by atoms with Crippen LogP contribution in [0.5, 0.6) is 0 Å². The van der Waals surface area contributed by atoms with E-state index in [9.17, 15) is 9.59 Å². The van der Waals surface area contributed by atoms with Gasteiger partial charge in [0, 0.05) is 17.8 Å². The van der Waals surface area contributed by atoms with Crippen LogP contribution in [0.2, 0.25) is 0 Å². The number of rotatable bonds is 5. The van der Waals surface area contributed by atoms with Crippen LogP contribution in [0.4, 0.5) is 5.69 Å². The average Bonchev–Trinajstić information content (AvgIpc) is 2.36. The van der Waals surface area contributed by atoms with Crippen molar-refractivity contribution in [2.45, 2.75) is 26.3 Å². The topological polar surface area (TPSA) is 84.2 Å². The maximum absolute atomic E-state index is 11.6. The minimum Gasteiger partial charge on any atom is -0.352 e. The van der Waals surface area contributed by atoms with E-state index in [-0.39, 0.29) is 24.2 Å². The number of nitrogens with two attached hydrogens (primary N) is 1. The Bertz CT molecular complexity index is 418. The quantitative estimate of drug-likeness (QED) is 0.767. The molecule has 1 atom stereocenters. The van der Waals surface area contributed by atoms with E-state index in [1.165, 1.54) is 0 Å². The largest absolute Gasteiger partial charge is 0.352 e. The number of anilines is 1. The SMILES string of the molecule is CCCNC(=O)c1ccc(NC(=O)[C@@H](C)N)cc1.Cl. The Balaban J connectivity index is 0.00000324. The van der Waals surface area contributed by atoms with Crippen LogP contribution < -0.4 is 16.4 Å². The maximum Gasteiger partial charge on any atom is 0.251 e. The van der Waals surface area contributed by atoms with Gasteiger partial charge in [0.05, 0.1) is 6.04 Å². The van der Waals surface area contributed by atoms with Gasteiger partial charge in [-0.25, -0.2) is 0 Å². The lowest BCUT2D eigenvalue weighted by atomic mass is 10.2. The zero-order valence-corrected chi connectivity index (χ0v) is 11.9. The molecule has 0 radical (unpaired) electrons. The lowest BCUT2D eigenvalue weighted by molar-refractivity contribution is -0.117. The second kappa shape index (κ2) is 8.50. The highest BCUT2D eigenvalue weighted by atomic mass is 35.5. The molecule has 4 N–H and O–H groups in total. The van der Waals surface area contributed by atoms with E-state index in [1.54, 1.807) is 31.2 Å². The fraction of sp³-hybridized carbons (Fsp3) is 0.385. The molecule has 0 saturated heterocycles. The molecular formula is C13H20ClN3O2. The molecule has 106 valence electrons. The van der Waals surface area contributed by atoms with E-state index in [0.717, 1.165) is 6.42 Å². The summed E-state index contributed by atoms with van der Waals surface area (Å²) in [4.78, 5) is 23.0. The number of halogens is 1. The van der Waals surface area contributed by atoms with Crippen molar-refractivity contribution < 1.29 is 9.59 Å². The van der Waals surface area contributed by atoms with Crippen molar-refractivity contribution in [3.05, 3.63) is 29.8 Å². The molecule has 1 aromatic rings. The van der Waals surface area contributed by atoms with Gasteiger partial charge in [-0.05, 0) is 37.6 Å². The normalized spacial score (nSPS) is 11.1. The Morgan fingerprint density at radius 1 is 1.26 bits per heavy atom. The van der Waals surface area contributed by atoms with Gasteiger partial charge in [0.15, 0.2) is 0 Å². The minimum absolute atomic E-state index is 0. The zero-order chi connectivity index (χ0) is 13.5. The van der Waals surface area contributed by atoms with Crippen molar-refractivity contribution in [3.8, 4) is 0 Å². The highest BCUT2D eigenvalue weighted by Crippen LogP contribution is 2.09. The summed E-state index contributed by atoms with van der Waals surface area (Å²) in [6, 6.07) is 6.14. The highest BCUT2D eigenvalue weighted by molar-refractivity contribution is 5.96. The van der Waals surface area contributed by atoms with Crippen LogP contribution in [0.1, 0.15) is 30.6 Å². The third-order valence-corrected chi connectivity index (χ3v) is 2.36. The van der Waals surface area contributed by atoms with E-state index >= 15 is 0 Å². The monoisotopic (exact) mass is 285 g/mol. The fourth-order valence-electron chi connectivity index (χ4n) is 1.30. The number of nitrogens with one attached hydrogen (secondary N) is 2. The van der Waals surface area contributed by atoms with E-state index < -0.39 is 6.04 Å². The second-order valence-corrected chi connectivity index (χ2v) is 4.11. The first kappa shape index (κ1) is 17.4. The Kier molecular flexibility index (Phi) is 7.79. The molecule has 0 aliphatic rings. The first-order chi connectivity index (χ1) is 8.54. The molecule has 0 aliphatic carbocycles. The van der Waals surface area contributed by atoms with Crippen molar-refractivity contribution in [2.75, 3.05) is 11.9 Å². The summed E-state index contributed by atoms with van der Waals surface area (Å²) in [6.07, 6.45) is 0.897. The molecule has 0 saturated carbocycles. The molecule has 19 heavy (non-hydrogen) atoms. The number of carbonyl (C=O) groups is 2. The molecule has 0 heterocycles. The van der Waals surface area contributed by atoms with Gasteiger partial charge in [-0.15, -0.1) is 12.4 Å². The molecule has 1 rings (SSSR count). The average molecular weight is 286 g/mol. The van der Waals surface area contributed by atoms with Gasteiger partial charge in [-0.3, -0.25) is 9.59 Å². The van der Waals surface area contributed by atoms with E-state index in [2.05, 4.69) is 10.6 Å². The van der Waals surface area contributed by atoms with Gasteiger partial charge < -0.3 is 16.4 Å². The lowest BCUT2D eigenvalue weighted by Crippen LogP contribution is -2.32. The van der Waals surface area contributed by atoms with Crippen LogP contribution in [0, 0.1) is 0 Å². The predicted octanol–water partition coefficient (Wildman–Crippen LogP) is 1.53. The second-order valence-electron chi connectivity index (χ2n) is 4.11. The molecule has 0 fully saturated rings. The van der Waals surface area contributed by atoms with Gasteiger partial charge in [0.1, 0.15) is 0 Å². The number of benzene rings is 1. The van der Waals surface area contributed by atoms with E-state index in [4.69, 9.17) is 5.73 Å². The van der Waals surface area contributed by atoms with Gasteiger partial charge in [-0.2, -0.15) is 0 Å². The van der Waals surface area contributed by atoms with Gasteiger partial charge in [0.25, 0.3) is 5.91 Å². The smallest absolute Gasteiger partial charge is 0.251 e. The van der Waals surface area contributed by atoms with Crippen LogP contribution in [0.3, 0.4) is 0 Å². The molecule has 0 spiro atoms. The molecule has 6 heteroatoms. The number of hydrogen-bond donors (Lipinski definition) is 3. The van der Waals surface area contributed by atoms with Crippen LogP contribution in [-0.2, 0) is 4.79 Å². The van der Waals surface area contributed by atoms with E-state index in [0.29, 0.717) is 17.8 Å². The Hall–Kier alpha value is -1.59. The predicted molar refractivity (Wildman–Crippen MR) is 78.6 cm³/mol. The van der Waals surface area contributed by atoms with Crippen LogP contribution in [0.25, 0.3) is 0 Å². The Labute approximate surface area is 119 Å². The van der Waals surface area contributed by atoms with Crippen molar-refractivity contribution in [1.82, 2.24) is 5.32 Å². The molecule has 0 unspecified atom stereocenters. The Morgan fingerprint density at radius 2 is 1.84 bits per heavy atom. The number of amides is 2. The summed E-state index contributed by atoms with van der Waals surface area (Å²) in [5.74, 6) is -0.361. The number of hydrogen-bond acceptors (Lipinski definition) is 3. The number of carbonyl (C=O) groups excluding carboxylic acids is 2. The van der Waals surface area contributed by atoms with Crippen molar-refractivity contribution >= 4 is 29.9 Å². The standard InChI is InChI=1S/C13H19N3O2.ClH/c1-3-8-15-13(18)10-4-6-11(7-5-10)16-12(17)9(2)14;/h4-7,9H,3,8,14H2,1-2H3,(H,15,18)(H,16,17);1H/t9-;/m1./s1. The third-order valence-electron chi connectivity index (χ3n) is 2.36. The molecule has 1 aromatic carbocycles. The van der Waals surface area contributed by atoms with E-state index in [1.807, 2.05) is 6.92 Å². The van der Waals surface area contributed by atoms with Crippen LogP contribution in [-0.4, -0.2) is 24.4 Å². The summed E-state index contributed by atoms with van der Waals surface area (Å²) in [7, 11) is 0. The third kappa shape index (κ3) is 5.72. The summed E-state index contributed by atoms with van der Waals surface area (Å²) in [6.45, 7) is 4.26. The molecule has 2 amide bonds. The summed E-state index contributed by atoms with van der Waals surface area (Å²) in [5.41, 5.74) is 6.64. The zero-order valence-electron chi connectivity index (χ0n) is 11.1. The fourth-order valence-corrected chi connectivity index (χ4v) is 1.30. The van der Waals surface area contributed by atoms with Crippen molar-refractivity contribution in [1.29, 1.82) is 0 Å². The maximum atomic E-state index is 11.6. The van der Waals surface area contributed by atoms with Crippen LogP contribution >= 0.6 is 12.4 Å². The lowest BCUT2D eigenvalue weighted by Gasteiger charge is -2.08. The molecule has 0 bridgehead atoms. The first-order valence-electron chi connectivity index (χ1n) is 5.99. The molecule has 0 aromatic heterocycles. The highest BCUT2D eigenvalue weighted by Gasteiger charge is 2.08. The first-order valence-corrected chi connectivity index (χ1v) is 5.99. The summed E-state index contributed by atoms with van der Waals surface area (Å²) < 4.78 is 0. The summed E-state index contributed by atoms with van der Waals surface area (Å²) >= 11 is 0. The molecule has 0 aliphatic heterocycles. The van der Waals surface area contributed by atoms with Crippen molar-refractivity contribution in [2.24, 2.45) is 5.73 Å². The molecule has 5 nitrogen and oxygen atoms in total. The summed E-state index contributed by atoms with van der Waals surface area (Å²) in [5, 5.41) is 5.44. The van der Waals surface area contributed by atoms with Gasteiger partial charge in [0.2, 0.25) is 5.91 Å².